The quantitative estimate of drug-likeness (QED) is 0.592. The molecule has 0 spiro atoms. The SMILES string of the molecule is CNC(=O)C(NCc1ccc(OCc2c(F)cccc2Cl)cc1OC)C(C)O. The van der Waals surface area contributed by atoms with Gasteiger partial charge in [-0.15, -0.1) is 0 Å². The van der Waals surface area contributed by atoms with Gasteiger partial charge in [0.25, 0.3) is 0 Å². The fraction of sp³-hybridized carbons (Fsp3) is 0.350. The van der Waals surface area contributed by atoms with Crippen molar-refractivity contribution in [3.8, 4) is 11.5 Å². The molecule has 0 saturated heterocycles. The Kier molecular flexibility index (Phi) is 8.04. The lowest BCUT2D eigenvalue weighted by atomic mass is 10.1. The first-order chi connectivity index (χ1) is 13.4. The van der Waals surface area contributed by atoms with E-state index in [9.17, 15) is 14.3 Å². The van der Waals surface area contributed by atoms with Gasteiger partial charge in [-0.25, -0.2) is 4.39 Å². The monoisotopic (exact) mass is 410 g/mol. The highest BCUT2D eigenvalue weighted by molar-refractivity contribution is 6.31. The fourth-order valence-corrected chi connectivity index (χ4v) is 2.86. The lowest BCUT2D eigenvalue weighted by Crippen LogP contribution is -2.49. The number of benzene rings is 2. The first-order valence-electron chi connectivity index (χ1n) is 8.73. The number of carbonyl (C=O) groups is 1. The van der Waals surface area contributed by atoms with Crippen LogP contribution in [0.2, 0.25) is 5.02 Å². The Labute approximate surface area is 168 Å². The third kappa shape index (κ3) is 5.58. The Bertz CT molecular complexity index is 797. The summed E-state index contributed by atoms with van der Waals surface area (Å²) >= 11 is 6.01. The van der Waals surface area contributed by atoms with Gasteiger partial charge in [-0.3, -0.25) is 10.1 Å². The van der Waals surface area contributed by atoms with Gasteiger partial charge in [0.05, 0.1) is 18.2 Å². The van der Waals surface area contributed by atoms with Crippen LogP contribution >= 0.6 is 11.6 Å². The van der Waals surface area contributed by atoms with E-state index in [1.807, 2.05) is 0 Å². The maximum absolute atomic E-state index is 13.8. The summed E-state index contributed by atoms with van der Waals surface area (Å²) in [6.07, 6.45) is -0.862. The van der Waals surface area contributed by atoms with Gasteiger partial charge < -0.3 is 19.9 Å². The van der Waals surface area contributed by atoms with Crippen molar-refractivity contribution in [1.82, 2.24) is 10.6 Å². The third-order valence-corrected chi connectivity index (χ3v) is 4.58. The second-order valence-electron chi connectivity index (χ2n) is 6.18. The van der Waals surface area contributed by atoms with Crippen molar-refractivity contribution >= 4 is 17.5 Å². The minimum absolute atomic E-state index is 0.0208. The van der Waals surface area contributed by atoms with Crippen LogP contribution in [0.5, 0.6) is 11.5 Å². The molecule has 3 N–H and O–H groups in total. The molecule has 0 aliphatic heterocycles. The first kappa shape index (κ1) is 21.9. The van der Waals surface area contributed by atoms with Crippen LogP contribution in [-0.2, 0) is 17.9 Å². The van der Waals surface area contributed by atoms with Gasteiger partial charge in [0.2, 0.25) is 5.91 Å². The molecule has 0 heterocycles. The summed E-state index contributed by atoms with van der Waals surface area (Å²) in [6.45, 7) is 1.81. The number of hydrogen-bond acceptors (Lipinski definition) is 5. The fourth-order valence-electron chi connectivity index (χ4n) is 2.64. The number of rotatable bonds is 9. The van der Waals surface area contributed by atoms with Crippen LogP contribution in [0.3, 0.4) is 0 Å². The van der Waals surface area contributed by atoms with Gasteiger partial charge in [0.15, 0.2) is 0 Å². The maximum atomic E-state index is 13.8. The Hall–Kier alpha value is -2.35. The standard InChI is InChI=1S/C20H24ClFN2O4/c1-12(25)19(20(26)23-2)24-10-13-7-8-14(9-18(13)27-3)28-11-15-16(21)5-4-6-17(15)22/h4-9,12,19,24-25H,10-11H2,1-3H3,(H,23,26). The van der Waals surface area contributed by atoms with E-state index in [1.54, 1.807) is 24.3 Å². The number of halogens is 2. The number of methoxy groups -OCH3 is 1. The van der Waals surface area contributed by atoms with Crippen molar-refractivity contribution in [2.24, 2.45) is 0 Å². The average Bonchev–Trinajstić information content (AvgIpc) is 2.67. The maximum Gasteiger partial charge on any atom is 0.239 e. The number of aliphatic hydroxyl groups excluding tert-OH is 1. The lowest BCUT2D eigenvalue weighted by Gasteiger charge is -2.20. The summed E-state index contributed by atoms with van der Waals surface area (Å²) in [5.41, 5.74) is 1.05. The van der Waals surface area contributed by atoms with Gasteiger partial charge in [-0.2, -0.15) is 0 Å². The van der Waals surface area contributed by atoms with Crippen molar-refractivity contribution in [3.63, 3.8) is 0 Å². The molecule has 0 aromatic heterocycles. The predicted molar refractivity (Wildman–Crippen MR) is 105 cm³/mol. The highest BCUT2D eigenvalue weighted by Gasteiger charge is 2.22. The molecule has 2 aromatic carbocycles. The number of amides is 1. The molecule has 0 aliphatic carbocycles. The van der Waals surface area contributed by atoms with E-state index in [1.165, 1.54) is 33.2 Å². The zero-order chi connectivity index (χ0) is 20.7. The normalized spacial score (nSPS) is 12.9. The molecule has 2 aromatic rings. The smallest absolute Gasteiger partial charge is 0.239 e. The Morgan fingerprint density at radius 2 is 2.07 bits per heavy atom. The highest BCUT2D eigenvalue weighted by Crippen LogP contribution is 2.27. The van der Waals surface area contributed by atoms with Crippen molar-refractivity contribution in [2.75, 3.05) is 14.2 Å². The lowest BCUT2D eigenvalue weighted by molar-refractivity contribution is -0.125. The molecule has 152 valence electrons. The van der Waals surface area contributed by atoms with Crippen LogP contribution in [0.15, 0.2) is 36.4 Å². The van der Waals surface area contributed by atoms with Gasteiger partial charge >= 0.3 is 0 Å². The largest absolute Gasteiger partial charge is 0.496 e. The van der Waals surface area contributed by atoms with Crippen LogP contribution < -0.4 is 20.1 Å². The van der Waals surface area contributed by atoms with E-state index in [2.05, 4.69) is 10.6 Å². The molecule has 6 nitrogen and oxygen atoms in total. The van der Waals surface area contributed by atoms with Crippen molar-refractivity contribution < 1.29 is 23.8 Å². The van der Waals surface area contributed by atoms with E-state index < -0.39 is 18.0 Å². The average molecular weight is 411 g/mol. The van der Waals surface area contributed by atoms with Gasteiger partial charge in [0.1, 0.15) is 30.0 Å². The molecule has 2 atom stereocenters. The molecule has 0 bridgehead atoms. The minimum atomic E-state index is -0.862. The summed E-state index contributed by atoms with van der Waals surface area (Å²) < 4.78 is 24.9. The number of aliphatic hydroxyl groups is 1. The van der Waals surface area contributed by atoms with Crippen LogP contribution in [-0.4, -0.2) is 37.3 Å². The molecular weight excluding hydrogens is 387 g/mol. The van der Waals surface area contributed by atoms with E-state index in [0.717, 1.165) is 5.56 Å². The summed E-state index contributed by atoms with van der Waals surface area (Å²) in [5.74, 6) is 0.276. The zero-order valence-electron chi connectivity index (χ0n) is 16.0. The molecule has 2 rings (SSSR count). The van der Waals surface area contributed by atoms with Gasteiger partial charge in [-0.1, -0.05) is 23.7 Å². The van der Waals surface area contributed by atoms with Crippen LogP contribution in [0.25, 0.3) is 0 Å². The molecule has 1 amide bonds. The van der Waals surface area contributed by atoms with E-state index in [4.69, 9.17) is 21.1 Å². The Balaban J connectivity index is 2.08. The summed E-state index contributed by atoms with van der Waals surface area (Å²) in [6, 6.07) is 8.86. The summed E-state index contributed by atoms with van der Waals surface area (Å²) in [7, 11) is 3.02. The number of ether oxygens (including phenoxy) is 2. The number of nitrogens with one attached hydrogen (secondary N) is 2. The second kappa shape index (κ2) is 10.3. The molecule has 2 unspecified atom stereocenters. The molecule has 0 aliphatic rings. The van der Waals surface area contributed by atoms with Crippen LogP contribution in [0.4, 0.5) is 4.39 Å². The highest BCUT2D eigenvalue weighted by atomic mass is 35.5. The van der Waals surface area contributed by atoms with Crippen LogP contribution in [0, 0.1) is 5.82 Å². The molecule has 28 heavy (non-hydrogen) atoms. The van der Waals surface area contributed by atoms with Crippen molar-refractivity contribution in [1.29, 1.82) is 0 Å². The molecule has 0 saturated carbocycles. The summed E-state index contributed by atoms with van der Waals surface area (Å²) in [4.78, 5) is 11.8. The molecule has 8 heteroatoms. The second-order valence-corrected chi connectivity index (χ2v) is 6.58. The van der Waals surface area contributed by atoms with Crippen LogP contribution in [0.1, 0.15) is 18.1 Å². The number of likely N-dealkylation sites (N-methyl/N-ethyl adjacent to an activating group) is 1. The van der Waals surface area contributed by atoms with Gasteiger partial charge in [-0.05, 0) is 25.1 Å². The van der Waals surface area contributed by atoms with E-state index >= 15 is 0 Å². The zero-order valence-corrected chi connectivity index (χ0v) is 16.7. The first-order valence-corrected chi connectivity index (χ1v) is 9.10. The number of hydrogen-bond donors (Lipinski definition) is 3. The topological polar surface area (TPSA) is 79.8 Å². The minimum Gasteiger partial charge on any atom is -0.496 e. The number of carbonyl (C=O) groups excluding carboxylic acids is 1. The summed E-state index contributed by atoms with van der Waals surface area (Å²) in [5, 5.41) is 15.6. The third-order valence-electron chi connectivity index (χ3n) is 4.23. The molecular formula is C20H24ClFN2O4. The van der Waals surface area contributed by atoms with Crippen molar-refractivity contribution in [2.45, 2.75) is 32.2 Å². The van der Waals surface area contributed by atoms with Gasteiger partial charge in [0, 0.05) is 30.8 Å². The van der Waals surface area contributed by atoms with E-state index in [0.29, 0.717) is 23.1 Å². The Morgan fingerprint density at radius 3 is 2.68 bits per heavy atom. The van der Waals surface area contributed by atoms with Crippen molar-refractivity contribution in [3.05, 3.63) is 58.4 Å². The predicted octanol–water partition coefficient (Wildman–Crippen LogP) is 2.65. The molecule has 0 fully saturated rings. The van der Waals surface area contributed by atoms with E-state index in [-0.39, 0.29) is 18.1 Å². The Morgan fingerprint density at radius 1 is 1.32 bits per heavy atom. The molecule has 0 radical (unpaired) electrons.